The van der Waals surface area contributed by atoms with Gasteiger partial charge >= 0.3 is 0 Å². The van der Waals surface area contributed by atoms with Gasteiger partial charge < -0.3 is 5.73 Å². The molecule has 0 amide bonds. The molecule has 1 aromatic rings. The molecular formula is C8H10N2O4S. The number of para-hydroxylation sites is 1. The third kappa shape index (κ3) is 2.51. The zero-order valence-electron chi connectivity index (χ0n) is 7.79. The standard InChI is InChI=1S/C8H10N2O4S/c9-5-6-15(13,14)8-4-2-1-3-7(8)10(11)12/h1-4H,5-6,9H2. The van der Waals surface area contributed by atoms with Gasteiger partial charge in [0, 0.05) is 12.6 Å². The van der Waals surface area contributed by atoms with Crippen molar-refractivity contribution in [3.8, 4) is 0 Å². The van der Waals surface area contributed by atoms with Crippen LogP contribution in [0.3, 0.4) is 0 Å². The third-order valence-corrected chi connectivity index (χ3v) is 3.57. The average molecular weight is 230 g/mol. The minimum Gasteiger partial charge on any atom is -0.329 e. The Labute approximate surface area is 86.8 Å². The van der Waals surface area contributed by atoms with E-state index in [0.29, 0.717) is 0 Å². The molecule has 0 aromatic heterocycles. The predicted molar refractivity (Wildman–Crippen MR) is 54.2 cm³/mol. The fourth-order valence-corrected chi connectivity index (χ4v) is 2.41. The van der Waals surface area contributed by atoms with Crippen molar-refractivity contribution in [3.05, 3.63) is 34.4 Å². The number of hydrogen-bond donors (Lipinski definition) is 1. The Morgan fingerprint density at radius 2 is 1.93 bits per heavy atom. The highest BCUT2D eigenvalue weighted by Gasteiger charge is 2.23. The zero-order chi connectivity index (χ0) is 11.5. The number of nitrogens with two attached hydrogens (primary N) is 1. The Kier molecular flexibility index (Phi) is 3.38. The summed E-state index contributed by atoms with van der Waals surface area (Å²) in [6, 6.07) is 5.22. The molecule has 0 bridgehead atoms. The topological polar surface area (TPSA) is 103 Å². The summed E-state index contributed by atoms with van der Waals surface area (Å²) >= 11 is 0. The first-order valence-electron chi connectivity index (χ1n) is 4.15. The molecular weight excluding hydrogens is 220 g/mol. The lowest BCUT2D eigenvalue weighted by atomic mass is 10.3. The number of sulfone groups is 1. The molecule has 6 nitrogen and oxygen atoms in total. The lowest BCUT2D eigenvalue weighted by molar-refractivity contribution is -0.387. The Balaban J connectivity index is 3.31. The van der Waals surface area contributed by atoms with E-state index in [0.717, 1.165) is 6.07 Å². The van der Waals surface area contributed by atoms with Gasteiger partial charge in [-0.1, -0.05) is 12.1 Å². The molecule has 0 spiro atoms. The highest BCUT2D eigenvalue weighted by atomic mass is 32.2. The van der Waals surface area contributed by atoms with Crippen LogP contribution in [0.2, 0.25) is 0 Å². The first kappa shape index (κ1) is 11.6. The molecule has 2 N–H and O–H groups in total. The highest BCUT2D eigenvalue weighted by molar-refractivity contribution is 7.91. The summed E-state index contributed by atoms with van der Waals surface area (Å²) in [6.45, 7) is -0.0611. The second-order valence-corrected chi connectivity index (χ2v) is 4.91. The molecule has 0 heterocycles. The van der Waals surface area contributed by atoms with E-state index in [1.54, 1.807) is 0 Å². The van der Waals surface area contributed by atoms with E-state index in [2.05, 4.69) is 0 Å². The fourth-order valence-electron chi connectivity index (χ4n) is 1.14. The molecule has 0 aliphatic rings. The molecule has 0 unspecified atom stereocenters. The van der Waals surface area contributed by atoms with Crippen molar-refractivity contribution in [2.45, 2.75) is 4.90 Å². The van der Waals surface area contributed by atoms with E-state index in [1.165, 1.54) is 18.2 Å². The van der Waals surface area contributed by atoms with E-state index < -0.39 is 20.4 Å². The van der Waals surface area contributed by atoms with E-state index >= 15 is 0 Å². The van der Waals surface area contributed by atoms with Gasteiger partial charge in [-0.25, -0.2) is 8.42 Å². The first-order valence-corrected chi connectivity index (χ1v) is 5.80. The van der Waals surface area contributed by atoms with Gasteiger partial charge in [-0.05, 0) is 6.07 Å². The minimum atomic E-state index is -3.65. The van der Waals surface area contributed by atoms with Gasteiger partial charge in [0.15, 0.2) is 9.84 Å². The zero-order valence-corrected chi connectivity index (χ0v) is 8.61. The molecule has 1 rings (SSSR count). The Bertz CT molecular complexity index is 469. The van der Waals surface area contributed by atoms with Gasteiger partial charge in [-0.2, -0.15) is 0 Å². The molecule has 0 saturated heterocycles. The van der Waals surface area contributed by atoms with Crippen LogP contribution in [0, 0.1) is 10.1 Å². The molecule has 0 aliphatic heterocycles. The van der Waals surface area contributed by atoms with Gasteiger partial charge in [0.2, 0.25) is 0 Å². The summed E-state index contributed by atoms with van der Waals surface area (Å²) in [7, 11) is -3.65. The molecule has 0 atom stereocenters. The molecule has 0 fully saturated rings. The van der Waals surface area contributed by atoms with Gasteiger partial charge in [0.25, 0.3) is 5.69 Å². The monoisotopic (exact) mass is 230 g/mol. The second kappa shape index (κ2) is 4.37. The van der Waals surface area contributed by atoms with Crippen molar-refractivity contribution in [1.82, 2.24) is 0 Å². The van der Waals surface area contributed by atoms with Crippen LogP contribution in [-0.4, -0.2) is 25.6 Å². The van der Waals surface area contributed by atoms with Crippen molar-refractivity contribution >= 4 is 15.5 Å². The summed E-state index contributed by atoms with van der Waals surface area (Å²) < 4.78 is 23.1. The highest BCUT2D eigenvalue weighted by Crippen LogP contribution is 2.23. The van der Waals surface area contributed by atoms with Gasteiger partial charge in [0.1, 0.15) is 4.90 Å². The Morgan fingerprint density at radius 1 is 1.33 bits per heavy atom. The van der Waals surface area contributed by atoms with Crippen LogP contribution in [0.4, 0.5) is 5.69 Å². The largest absolute Gasteiger partial charge is 0.329 e. The van der Waals surface area contributed by atoms with Crippen LogP contribution in [-0.2, 0) is 9.84 Å². The first-order chi connectivity index (χ1) is 6.99. The van der Waals surface area contributed by atoms with Crippen molar-refractivity contribution in [2.24, 2.45) is 5.73 Å². The Morgan fingerprint density at radius 3 is 2.47 bits per heavy atom. The van der Waals surface area contributed by atoms with Crippen molar-refractivity contribution in [3.63, 3.8) is 0 Å². The third-order valence-electron chi connectivity index (χ3n) is 1.78. The van der Waals surface area contributed by atoms with E-state index in [1.807, 2.05) is 0 Å². The van der Waals surface area contributed by atoms with E-state index in [4.69, 9.17) is 5.73 Å². The summed E-state index contributed by atoms with van der Waals surface area (Å²) in [5.41, 5.74) is 4.72. The number of nitro groups is 1. The lowest BCUT2D eigenvalue weighted by Gasteiger charge is -2.02. The van der Waals surface area contributed by atoms with E-state index in [9.17, 15) is 18.5 Å². The quantitative estimate of drug-likeness (QED) is 0.592. The second-order valence-electron chi connectivity index (χ2n) is 2.83. The van der Waals surface area contributed by atoms with Gasteiger partial charge in [-0.3, -0.25) is 10.1 Å². The van der Waals surface area contributed by atoms with Gasteiger partial charge in [-0.15, -0.1) is 0 Å². The predicted octanol–water partition coefficient (Wildman–Crippen LogP) is 0.327. The van der Waals surface area contributed by atoms with Crippen molar-refractivity contribution < 1.29 is 13.3 Å². The van der Waals surface area contributed by atoms with Crippen LogP contribution >= 0.6 is 0 Å². The molecule has 7 heteroatoms. The number of nitro benzene ring substituents is 1. The number of benzene rings is 1. The summed E-state index contributed by atoms with van der Waals surface area (Å²) in [5, 5.41) is 10.6. The summed E-state index contributed by atoms with van der Waals surface area (Å²) in [6.07, 6.45) is 0. The molecule has 0 radical (unpaired) electrons. The smallest absolute Gasteiger partial charge is 0.287 e. The van der Waals surface area contributed by atoms with Crippen LogP contribution in [0.5, 0.6) is 0 Å². The molecule has 0 saturated carbocycles. The number of nitrogens with zero attached hydrogens (tertiary/aromatic N) is 1. The van der Waals surface area contributed by atoms with Crippen LogP contribution in [0.15, 0.2) is 29.2 Å². The fraction of sp³-hybridized carbons (Fsp3) is 0.250. The number of hydrogen-bond acceptors (Lipinski definition) is 5. The van der Waals surface area contributed by atoms with Crippen molar-refractivity contribution in [1.29, 1.82) is 0 Å². The molecule has 0 aliphatic carbocycles. The maximum atomic E-state index is 11.6. The van der Waals surface area contributed by atoms with Crippen LogP contribution in [0.1, 0.15) is 0 Å². The SMILES string of the molecule is NCCS(=O)(=O)c1ccccc1[N+](=O)[O-]. The molecule has 1 aromatic carbocycles. The van der Waals surface area contributed by atoms with Crippen LogP contribution < -0.4 is 5.73 Å². The van der Waals surface area contributed by atoms with Crippen LogP contribution in [0.25, 0.3) is 0 Å². The summed E-state index contributed by atoms with van der Waals surface area (Å²) in [4.78, 5) is 9.59. The maximum Gasteiger partial charge on any atom is 0.287 e. The van der Waals surface area contributed by atoms with Crippen molar-refractivity contribution in [2.75, 3.05) is 12.3 Å². The molecule has 82 valence electrons. The Hall–Kier alpha value is -1.47. The minimum absolute atomic E-state index is 0.0611. The van der Waals surface area contributed by atoms with E-state index in [-0.39, 0.29) is 17.2 Å². The molecule has 15 heavy (non-hydrogen) atoms. The normalized spacial score (nSPS) is 11.3. The number of rotatable bonds is 4. The lowest BCUT2D eigenvalue weighted by Crippen LogP contribution is -2.16. The van der Waals surface area contributed by atoms with Gasteiger partial charge in [0.05, 0.1) is 10.7 Å². The summed E-state index contributed by atoms with van der Waals surface area (Å²) in [5.74, 6) is -0.294. The maximum absolute atomic E-state index is 11.6. The average Bonchev–Trinajstić information content (AvgIpc) is 2.17.